The van der Waals surface area contributed by atoms with Crippen LogP contribution in [0, 0.1) is 18.8 Å². The lowest BCUT2D eigenvalue weighted by Gasteiger charge is -2.06. The maximum absolute atomic E-state index is 12.4. The Balaban J connectivity index is 1.93. The van der Waals surface area contributed by atoms with E-state index >= 15 is 0 Å². The van der Waals surface area contributed by atoms with Gasteiger partial charge in [0, 0.05) is 11.1 Å². The second-order valence-corrected chi connectivity index (χ2v) is 5.50. The van der Waals surface area contributed by atoms with Gasteiger partial charge in [-0.3, -0.25) is 0 Å². The van der Waals surface area contributed by atoms with Gasteiger partial charge in [0.15, 0.2) is 0 Å². The molecule has 0 amide bonds. The molecule has 1 N–H and O–H groups in total. The largest absolute Gasteiger partial charge is 0.490 e. The first-order valence-electron chi connectivity index (χ1n) is 7.97. The van der Waals surface area contributed by atoms with Crippen LogP contribution < -0.4 is 4.74 Å². The summed E-state index contributed by atoms with van der Waals surface area (Å²) in [6.45, 7) is 4.64. The lowest BCUT2D eigenvalue weighted by atomic mass is 10.0. The van der Waals surface area contributed by atoms with Crippen molar-refractivity contribution in [1.29, 1.82) is 0 Å². The summed E-state index contributed by atoms with van der Waals surface area (Å²) in [6.07, 6.45) is 0. The third kappa shape index (κ3) is 6.01. The second-order valence-electron chi connectivity index (χ2n) is 5.50. The Morgan fingerprint density at radius 2 is 1.81 bits per heavy atom. The number of rotatable bonds is 6. The monoisotopic (exact) mass is 368 g/mol. The zero-order chi connectivity index (χ0) is 19.8. The highest BCUT2D eigenvalue weighted by atomic mass is 19.1. The smallest absolute Gasteiger partial charge is 0.366 e. The first kappa shape index (κ1) is 19.7. The highest BCUT2D eigenvalue weighted by molar-refractivity contribution is 5.88. The SMILES string of the molecule is C=C(F)C(=O)OCCOc1ccc(C#Cc2ccc(C(=O)O)cc2C)cc1. The first-order valence-corrected chi connectivity index (χ1v) is 7.97. The van der Waals surface area contributed by atoms with Gasteiger partial charge in [-0.15, -0.1) is 0 Å². The van der Waals surface area contributed by atoms with E-state index < -0.39 is 17.8 Å². The lowest BCUT2D eigenvalue weighted by molar-refractivity contribution is -0.141. The van der Waals surface area contributed by atoms with Crippen molar-refractivity contribution in [2.75, 3.05) is 13.2 Å². The number of ether oxygens (including phenoxy) is 2. The van der Waals surface area contributed by atoms with Crippen LogP contribution in [0.25, 0.3) is 0 Å². The molecule has 0 radical (unpaired) electrons. The summed E-state index contributed by atoms with van der Waals surface area (Å²) in [5, 5.41) is 8.97. The van der Waals surface area contributed by atoms with Gasteiger partial charge in [-0.2, -0.15) is 4.39 Å². The zero-order valence-corrected chi connectivity index (χ0v) is 14.6. The number of esters is 1. The van der Waals surface area contributed by atoms with E-state index in [9.17, 15) is 14.0 Å². The van der Waals surface area contributed by atoms with Gasteiger partial charge in [-0.25, -0.2) is 9.59 Å². The molecule has 2 aromatic rings. The first-order chi connectivity index (χ1) is 12.9. The number of aryl methyl sites for hydroxylation is 1. The highest BCUT2D eigenvalue weighted by Gasteiger charge is 2.06. The molecule has 0 saturated heterocycles. The minimum Gasteiger partial charge on any atom is -0.490 e. The molecule has 0 aliphatic heterocycles. The number of carbonyl (C=O) groups is 2. The molecule has 2 rings (SSSR count). The Bertz CT molecular complexity index is 920. The standard InChI is InChI=1S/C21H17FO5/c1-14-13-18(20(23)24)8-7-17(14)6-3-16-4-9-19(10-5-16)26-11-12-27-21(25)15(2)22/h4-5,7-10,13H,2,11-12H2,1H3,(H,23,24). The molecule has 0 saturated carbocycles. The van der Waals surface area contributed by atoms with Crippen molar-refractivity contribution in [1.82, 2.24) is 0 Å². The van der Waals surface area contributed by atoms with E-state index in [0.717, 1.165) is 16.7 Å². The molecule has 6 heteroatoms. The van der Waals surface area contributed by atoms with Gasteiger partial charge in [0.25, 0.3) is 0 Å². The predicted molar refractivity (Wildman–Crippen MR) is 97.3 cm³/mol. The Labute approximate surface area is 156 Å². The van der Waals surface area contributed by atoms with Crippen LogP contribution >= 0.6 is 0 Å². The van der Waals surface area contributed by atoms with Crippen molar-refractivity contribution in [3.8, 4) is 17.6 Å². The Kier molecular flexibility index (Phi) is 6.73. The third-order valence-electron chi connectivity index (χ3n) is 3.48. The summed E-state index contributed by atoms with van der Waals surface area (Å²) in [7, 11) is 0. The molecule has 0 atom stereocenters. The molecule has 0 fully saturated rings. The number of hydrogen-bond donors (Lipinski definition) is 1. The normalized spacial score (nSPS) is 9.70. The van der Waals surface area contributed by atoms with Gasteiger partial charge in [-0.1, -0.05) is 18.4 Å². The molecule has 0 aliphatic carbocycles. The fourth-order valence-corrected chi connectivity index (χ4v) is 2.08. The van der Waals surface area contributed by atoms with E-state index in [1.807, 2.05) is 0 Å². The van der Waals surface area contributed by atoms with E-state index in [0.29, 0.717) is 5.75 Å². The van der Waals surface area contributed by atoms with Crippen LogP contribution in [-0.4, -0.2) is 30.3 Å². The summed E-state index contributed by atoms with van der Waals surface area (Å²) >= 11 is 0. The van der Waals surface area contributed by atoms with E-state index in [-0.39, 0.29) is 18.8 Å². The summed E-state index contributed by atoms with van der Waals surface area (Å²) in [5.41, 5.74) is 2.51. The molecule has 0 unspecified atom stereocenters. The predicted octanol–water partition coefficient (Wildman–Crippen LogP) is 3.50. The summed E-state index contributed by atoms with van der Waals surface area (Å²) in [5.74, 6) is 3.33. The highest BCUT2D eigenvalue weighted by Crippen LogP contribution is 2.13. The Morgan fingerprint density at radius 3 is 2.41 bits per heavy atom. The number of carboxylic acids is 1. The fourth-order valence-electron chi connectivity index (χ4n) is 2.08. The molecule has 2 aromatic carbocycles. The maximum atomic E-state index is 12.4. The molecule has 0 heterocycles. The lowest BCUT2D eigenvalue weighted by Crippen LogP contribution is -2.12. The zero-order valence-electron chi connectivity index (χ0n) is 14.6. The Hall–Kier alpha value is -3.59. The van der Waals surface area contributed by atoms with E-state index in [1.54, 1.807) is 43.3 Å². The van der Waals surface area contributed by atoms with Crippen molar-refractivity contribution < 1.29 is 28.6 Å². The molecule has 0 bridgehead atoms. The minimum atomic E-state index is -1.15. The number of aromatic carboxylic acids is 1. The van der Waals surface area contributed by atoms with Gasteiger partial charge in [0.2, 0.25) is 5.83 Å². The van der Waals surface area contributed by atoms with Crippen molar-refractivity contribution in [2.45, 2.75) is 6.92 Å². The van der Waals surface area contributed by atoms with Crippen molar-refractivity contribution >= 4 is 11.9 Å². The molecular formula is C21H17FO5. The van der Waals surface area contributed by atoms with Crippen molar-refractivity contribution in [3.05, 3.63) is 77.1 Å². The molecule has 0 aromatic heterocycles. The van der Waals surface area contributed by atoms with Crippen molar-refractivity contribution in [3.63, 3.8) is 0 Å². The number of carbonyl (C=O) groups excluding carboxylic acids is 1. The van der Waals surface area contributed by atoms with Crippen LogP contribution in [-0.2, 0) is 9.53 Å². The van der Waals surface area contributed by atoms with Crippen LogP contribution in [0.15, 0.2) is 54.9 Å². The van der Waals surface area contributed by atoms with Crippen LogP contribution in [0.2, 0.25) is 0 Å². The molecule has 138 valence electrons. The average Bonchev–Trinajstić information content (AvgIpc) is 2.64. The van der Waals surface area contributed by atoms with Gasteiger partial charge < -0.3 is 14.6 Å². The number of hydrogen-bond acceptors (Lipinski definition) is 4. The van der Waals surface area contributed by atoms with Crippen LogP contribution in [0.4, 0.5) is 4.39 Å². The molecular weight excluding hydrogens is 351 g/mol. The fraction of sp³-hybridized carbons (Fsp3) is 0.143. The van der Waals surface area contributed by atoms with E-state index in [2.05, 4.69) is 23.2 Å². The number of carboxylic acid groups (broad SMARTS) is 1. The van der Waals surface area contributed by atoms with Gasteiger partial charge in [0.05, 0.1) is 5.56 Å². The topological polar surface area (TPSA) is 72.8 Å². The number of benzene rings is 2. The third-order valence-corrected chi connectivity index (χ3v) is 3.48. The van der Waals surface area contributed by atoms with E-state index in [4.69, 9.17) is 9.84 Å². The summed E-state index contributed by atoms with van der Waals surface area (Å²) in [6, 6.07) is 11.7. The average molecular weight is 368 g/mol. The van der Waals surface area contributed by atoms with Crippen LogP contribution in [0.1, 0.15) is 27.0 Å². The molecule has 0 aliphatic rings. The quantitative estimate of drug-likeness (QED) is 0.366. The number of halogens is 1. The van der Waals surface area contributed by atoms with Gasteiger partial charge in [-0.05, 0) is 55.0 Å². The van der Waals surface area contributed by atoms with Crippen LogP contribution in [0.5, 0.6) is 5.75 Å². The second kappa shape index (κ2) is 9.20. The van der Waals surface area contributed by atoms with Crippen molar-refractivity contribution in [2.24, 2.45) is 0 Å². The van der Waals surface area contributed by atoms with Gasteiger partial charge in [0.1, 0.15) is 19.0 Å². The molecule has 27 heavy (non-hydrogen) atoms. The maximum Gasteiger partial charge on any atom is 0.366 e. The molecule has 0 spiro atoms. The minimum absolute atomic E-state index is 0.0825. The molecule has 5 nitrogen and oxygen atoms in total. The Morgan fingerprint density at radius 1 is 1.11 bits per heavy atom. The summed E-state index contributed by atoms with van der Waals surface area (Å²) in [4.78, 5) is 21.8. The van der Waals surface area contributed by atoms with E-state index in [1.165, 1.54) is 6.07 Å². The van der Waals surface area contributed by atoms with Gasteiger partial charge >= 0.3 is 11.9 Å². The van der Waals surface area contributed by atoms with Crippen LogP contribution in [0.3, 0.4) is 0 Å². The summed E-state index contributed by atoms with van der Waals surface area (Å²) < 4.78 is 22.4.